The highest BCUT2D eigenvalue weighted by atomic mass is 16.6. The van der Waals surface area contributed by atoms with Gasteiger partial charge in [-0.3, -0.25) is 9.59 Å². The molecule has 1 aliphatic rings. The van der Waals surface area contributed by atoms with Crippen LogP contribution in [0.15, 0.2) is 12.1 Å². The number of piperazine rings is 1. The van der Waals surface area contributed by atoms with Crippen molar-refractivity contribution in [3.8, 4) is 0 Å². The molecule has 1 saturated heterocycles. The van der Waals surface area contributed by atoms with E-state index in [0.717, 1.165) is 13.1 Å². The Bertz CT molecular complexity index is 591. The summed E-state index contributed by atoms with van der Waals surface area (Å²) in [7, 11) is 2.97. The average molecular weight is 309 g/mol. The van der Waals surface area contributed by atoms with Crippen molar-refractivity contribution < 1.29 is 14.5 Å². The summed E-state index contributed by atoms with van der Waals surface area (Å²) in [6.45, 7) is 2.69. The molecule has 120 valence electrons. The lowest BCUT2D eigenvalue weighted by molar-refractivity contribution is -0.391. The number of likely N-dealkylation sites (N-methyl/N-ethyl adjacent to an activating group) is 1. The van der Waals surface area contributed by atoms with E-state index in [2.05, 4.69) is 5.32 Å². The zero-order valence-corrected chi connectivity index (χ0v) is 12.6. The molecule has 2 heterocycles. The first-order valence-electron chi connectivity index (χ1n) is 6.96. The Hall–Kier alpha value is -2.42. The van der Waals surface area contributed by atoms with Crippen LogP contribution in [-0.4, -0.2) is 70.9 Å². The van der Waals surface area contributed by atoms with Crippen LogP contribution in [0.3, 0.4) is 0 Å². The first-order chi connectivity index (χ1) is 10.4. The summed E-state index contributed by atoms with van der Waals surface area (Å²) < 4.78 is 1.22. The summed E-state index contributed by atoms with van der Waals surface area (Å²) >= 11 is 0. The van der Waals surface area contributed by atoms with Crippen LogP contribution < -0.4 is 5.32 Å². The predicted molar refractivity (Wildman–Crippen MR) is 78.5 cm³/mol. The highest BCUT2D eigenvalue weighted by Gasteiger charge is 2.26. The molecule has 0 aromatic carbocycles. The Morgan fingerprint density at radius 3 is 2.55 bits per heavy atom. The Morgan fingerprint density at radius 1 is 1.36 bits per heavy atom. The van der Waals surface area contributed by atoms with Crippen molar-refractivity contribution in [3.63, 3.8) is 0 Å². The highest BCUT2D eigenvalue weighted by Crippen LogP contribution is 2.16. The summed E-state index contributed by atoms with van der Waals surface area (Å²) in [5.41, 5.74) is 0.183. The fourth-order valence-corrected chi connectivity index (χ4v) is 2.38. The molecule has 0 atom stereocenters. The molecule has 0 spiro atoms. The second-order valence-electron chi connectivity index (χ2n) is 5.18. The van der Waals surface area contributed by atoms with E-state index in [1.807, 2.05) is 0 Å². The number of carbonyl (C=O) groups excluding carboxylic acids is 2. The van der Waals surface area contributed by atoms with Gasteiger partial charge in [-0.25, -0.2) is 4.57 Å². The van der Waals surface area contributed by atoms with E-state index < -0.39 is 10.8 Å². The van der Waals surface area contributed by atoms with Crippen molar-refractivity contribution in [3.05, 3.63) is 27.9 Å². The van der Waals surface area contributed by atoms with Crippen LogP contribution in [0.4, 0.5) is 5.82 Å². The molecule has 0 unspecified atom stereocenters. The van der Waals surface area contributed by atoms with Crippen LogP contribution in [0.25, 0.3) is 0 Å². The number of aromatic nitrogens is 1. The maximum Gasteiger partial charge on any atom is 0.323 e. The Labute approximate surface area is 127 Å². The van der Waals surface area contributed by atoms with Gasteiger partial charge in [0.05, 0.1) is 13.6 Å². The SMILES string of the molecule is CN(CC(=O)N1CCNCC1)C(=O)c1ccc([N+](=O)[O-])n1C. The summed E-state index contributed by atoms with van der Waals surface area (Å²) in [5.74, 6) is -0.703. The first-order valence-corrected chi connectivity index (χ1v) is 6.96. The Balaban J connectivity index is 2.02. The molecule has 1 aliphatic heterocycles. The van der Waals surface area contributed by atoms with E-state index >= 15 is 0 Å². The lowest BCUT2D eigenvalue weighted by atomic mass is 10.3. The fraction of sp³-hybridized carbons (Fsp3) is 0.538. The van der Waals surface area contributed by atoms with Crippen LogP contribution in [-0.2, 0) is 11.8 Å². The molecule has 1 fully saturated rings. The lowest BCUT2D eigenvalue weighted by Gasteiger charge is -2.29. The lowest BCUT2D eigenvalue weighted by Crippen LogP contribution is -2.49. The molecule has 9 heteroatoms. The second kappa shape index (κ2) is 6.56. The van der Waals surface area contributed by atoms with Gasteiger partial charge in [-0.15, -0.1) is 0 Å². The number of nitro groups is 1. The van der Waals surface area contributed by atoms with Crippen molar-refractivity contribution in [2.45, 2.75) is 0 Å². The molecular weight excluding hydrogens is 290 g/mol. The highest BCUT2D eigenvalue weighted by molar-refractivity contribution is 5.95. The maximum absolute atomic E-state index is 12.3. The van der Waals surface area contributed by atoms with Gasteiger partial charge in [0.15, 0.2) is 5.69 Å². The molecule has 0 aliphatic carbocycles. The van der Waals surface area contributed by atoms with Gasteiger partial charge in [0, 0.05) is 39.3 Å². The van der Waals surface area contributed by atoms with Gasteiger partial charge in [0.2, 0.25) is 5.91 Å². The fourth-order valence-electron chi connectivity index (χ4n) is 2.38. The molecule has 1 aromatic rings. The molecule has 22 heavy (non-hydrogen) atoms. The zero-order chi connectivity index (χ0) is 16.3. The van der Waals surface area contributed by atoms with Crippen molar-refractivity contribution in [2.75, 3.05) is 39.8 Å². The third kappa shape index (κ3) is 3.25. The largest absolute Gasteiger partial charge is 0.358 e. The van der Waals surface area contributed by atoms with Gasteiger partial charge in [-0.2, -0.15) is 0 Å². The van der Waals surface area contributed by atoms with Gasteiger partial charge in [-0.1, -0.05) is 0 Å². The summed E-state index contributed by atoms with van der Waals surface area (Å²) in [6.07, 6.45) is 0. The third-order valence-electron chi connectivity index (χ3n) is 3.69. The molecular formula is C13H19N5O4. The van der Waals surface area contributed by atoms with Crippen LogP contribution >= 0.6 is 0 Å². The summed E-state index contributed by atoms with van der Waals surface area (Å²) in [4.78, 5) is 37.7. The van der Waals surface area contributed by atoms with E-state index in [-0.39, 0.29) is 24.0 Å². The molecule has 0 bridgehead atoms. The summed E-state index contributed by atoms with van der Waals surface area (Å²) in [5, 5.41) is 14.0. The molecule has 2 amide bonds. The number of rotatable bonds is 4. The number of carbonyl (C=O) groups is 2. The maximum atomic E-state index is 12.3. The van der Waals surface area contributed by atoms with E-state index in [4.69, 9.17) is 0 Å². The Kier molecular flexibility index (Phi) is 4.76. The molecule has 0 saturated carbocycles. The monoisotopic (exact) mass is 309 g/mol. The zero-order valence-electron chi connectivity index (χ0n) is 12.6. The topological polar surface area (TPSA) is 101 Å². The molecule has 0 radical (unpaired) electrons. The van der Waals surface area contributed by atoms with Gasteiger partial charge < -0.3 is 25.2 Å². The number of amides is 2. The quantitative estimate of drug-likeness (QED) is 0.593. The van der Waals surface area contributed by atoms with Crippen molar-refractivity contribution >= 4 is 17.6 Å². The van der Waals surface area contributed by atoms with E-state index in [9.17, 15) is 19.7 Å². The molecule has 1 N–H and O–H groups in total. The van der Waals surface area contributed by atoms with Crippen LogP contribution in [0, 0.1) is 10.1 Å². The van der Waals surface area contributed by atoms with E-state index in [1.165, 1.54) is 35.7 Å². The molecule has 2 rings (SSSR count). The second-order valence-corrected chi connectivity index (χ2v) is 5.18. The smallest absolute Gasteiger partial charge is 0.323 e. The van der Waals surface area contributed by atoms with Gasteiger partial charge in [-0.05, 0) is 11.0 Å². The van der Waals surface area contributed by atoms with E-state index in [1.54, 1.807) is 4.90 Å². The minimum absolute atomic E-state index is 0.0438. The van der Waals surface area contributed by atoms with Crippen molar-refractivity contribution in [1.82, 2.24) is 19.7 Å². The van der Waals surface area contributed by atoms with Crippen molar-refractivity contribution in [2.24, 2.45) is 7.05 Å². The van der Waals surface area contributed by atoms with Crippen LogP contribution in [0.1, 0.15) is 10.5 Å². The third-order valence-corrected chi connectivity index (χ3v) is 3.69. The number of hydrogen-bond donors (Lipinski definition) is 1. The van der Waals surface area contributed by atoms with Crippen LogP contribution in [0.2, 0.25) is 0 Å². The predicted octanol–water partition coefficient (Wildman–Crippen LogP) is -0.563. The van der Waals surface area contributed by atoms with Gasteiger partial charge in [0.1, 0.15) is 0 Å². The van der Waals surface area contributed by atoms with Gasteiger partial charge >= 0.3 is 5.82 Å². The Morgan fingerprint density at radius 2 is 2.00 bits per heavy atom. The van der Waals surface area contributed by atoms with E-state index in [0.29, 0.717) is 13.1 Å². The minimum Gasteiger partial charge on any atom is -0.358 e. The van der Waals surface area contributed by atoms with Gasteiger partial charge in [0.25, 0.3) is 5.91 Å². The number of nitrogens with one attached hydrogen (secondary N) is 1. The molecule has 1 aromatic heterocycles. The van der Waals surface area contributed by atoms with Crippen molar-refractivity contribution in [1.29, 1.82) is 0 Å². The van der Waals surface area contributed by atoms with Crippen LogP contribution in [0.5, 0.6) is 0 Å². The number of hydrogen-bond acceptors (Lipinski definition) is 5. The first kappa shape index (κ1) is 16.0. The minimum atomic E-state index is -0.553. The standard InChI is InChI=1S/C13H19N5O4/c1-15(9-12(19)17-7-5-14-6-8-17)13(20)10-3-4-11(16(10)2)18(21)22/h3-4,14H,5-9H2,1-2H3. The number of nitrogens with zero attached hydrogens (tertiary/aromatic N) is 4. The average Bonchev–Trinajstić information content (AvgIpc) is 2.89. The normalized spacial score (nSPS) is 14.7. The summed E-state index contributed by atoms with van der Waals surface area (Å²) in [6, 6.07) is 2.67. The molecule has 9 nitrogen and oxygen atoms in total.